The summed E-state index contributed by atoms with van der Waals surface area (Å²) in [5.74, 6) is -0.0233. The van der Waals surface area contributed by atoms with Crippen LogP contribution >= 0.6 is 28.3 Å². The summed E-state index contributed by atoms with van der Waals surface area (Å²) < 4.78 is 0.975. The first-order valence-corrected chi connectivity index (χ1v) is 6.73. The topological polar surface area (TPSA) is 55.1 Å². The zero-order chi connectivity index (χ0) is 12.3. The van der Waals surface area contributed by atoms with Crippen molar-refractivity contribution < 1.29 is 4.79 Å². The fourth-order valence-corrected chi connectivity index (χ4v) is 2.61. The molecule has 1 aliphatic rings. The molecular weight excluding hydrogens is 316 g/mol. The molecule has 0 bridgehead atoms. The Balaban J connectivity index is 0.00000162. The predicted molar refractivity (Wildman–Crippen MR) is 79.1 cm³/mol. The van der Waals surface area contributed by atoms with Gasteiger partial charge < -0.3 is 11.1 Å². The second kappa shape index (κ2) is 6.55. The van der Waals surface area contributed by atoms with E-state index in [1.165, 1.54) is 0 Å². The Hall–Kier alpha value is -0.580. The van der Waals surface area contributed by atoms with Gasteiger partial charge in [-0.3, -0.25) is 4.79 Å². The number of carbonyl (C=O) groups is 1. The normalized spacial score (nSPS) is 17.0. The van der Waals surface area contributed by atoms with Crippen molar-refractivity contribution >= 4 is 34.2 Å². The summed E-state index contributed by atoms with van der Waals surface area (Å²) in [6, 6.07) is 7.38. The molecular formula is C13H18BrClN2O. The highest BCUT2D eigenvalue weighted by molar-refractivity contribution is 9.10. The molecule has 0 heterocycles. The second-order valence-electron chi connectivity index (χ2n) is 4.65. The van der Waals surface area contributed by atoms with E-state index in [2.05, 4.69) is 21.2 Å². The number of halogens is 2. The predicted octanol–water partition coefficient (Wildman–Crippen LogP) is 2.87. The minimum atomic E-state index is -0.176. The highest BCUT2D eigenvalue weighted by Gasteiger charge is 2.33. The lowest BCUT2D eigenvalue weighted by molar-refractivity contribution is 0.0903. The van der Waals surface area contributed by atoms with Gasteiger partial charge in [-0.25, -0.2) is 0 Å². The van der Waals surface area contributed by atoms with Gasteiger partial charge in [-0.05, 0) is 37.1 Å². The van der Waals surface area contributed by atoms with Gasteiger partial charge in [0, 0.05) is 16.6 Å². The van der Waals surface area contributed by atoms with Gasteiger partial charge in [0.25, 0.3) is 5.91 Å². The highest BCUT2D eigenvalue weighted by atomic mass is 79.9. The van der Waals surface area contributed by atoms with E-state index < -0.39 is 0 Å². The summed E-state index contributed by atoms with van der Waals surface area (Å²) in [6.45, 7) is 0.523. The third kappa shape index (κ3) is 3.46. The largest absolute Gasteiger partial charge is 0.345 e. The van der Waals surface area contributed by atoms with E-state index in [-0.39, 0.29) is 23.9 Å². The lowest BCUT2D eigenvalue weighted by atomic mass is 9.97. The van der Waals surface area contributed by atoms with Gasteiger partial charge in [0.05, 0.1) is 5.54 Å². The van der Waals surface area contributed by atoms with Crippen LogP contribution in [-0.4, -0.2) is 18.0 Å². The summed E-state index contributed by atoms with van der Waals surface area (Å²) in [6.07, 6.45) is 4.28. The van der Waals surface area contributed by atoms with E-state index >= 15 is 0 Å². The molecule has 1 aromatic rings. The molecule has 0 unspecified atom stereocenters. The number of hydrogen-bond donors (Lipinski definition) is 2. The lowest BCUT2D eigenvalue weighted by Gasteiger charge is -2.28. The van der Waals surface area contributed by atoms with Crippen molar-refractivity contribution in [2.45, 2.75) is 31.2 Å². The van der Waals surface area contributed by atoms with Gasteiger partial charge in [0.15, 0.2) is 0 Å². The highest BCUT2D eigenvalue weighted by Crippen LogP contribution is 2.29. The van der Waals surface area contributed by atoms with E-state index in [0.29, 0.717) is 12.1 Å². The van der Waals surface area contributed by atoms with Gasteiger partial charge in [-0.1, -0.05) is 28.8 Å². The van der Waals surface area contributed by atoms with Crippen LogP contribution in [0.15, 0.2) is 28.7 Å². The molecule has 2 rings (SSSR count). The Morgan fingerprint density at radius 1 is 1.28 bits per heavy atom. The average molecular weight is 334 g/mol. The number of nitrogens with one attached hydrogen (secondary N) is 1. The summed E-state index contributed by atoms with van der Waals surface area (Å²) in [7, 11) is 0. The summed E-state index contributed by atoms with van der Waals surface area (Å²) in [5, 5.41) is 3.10. The maximum Gasteiger partial charge on any atom is 0.251 e. The van der Waals surface area contributed by atoms with Crippen LogP contribution in [0.25, 0.3) is 0 Å². The van der Waals surface area contributed by atoms with Gasteiger partial charge >= 0.3 is 0 Å². The molecule has 1 fully saturated rings. The zero-order valence-corrected chi connectivity index (χ0v) is 12.5. The number of benzene rings is 1. The van der Waals surface area contributed by atoms with Crippen LogP contribution < -0.4 is 11.1 Å². The number of rotatable bonds is 3. The molecule has 0 aromatic heterocycles. The molecule has 0 spiro atoms. The number of nitrogens with two attached hydrogens (primary N) is 1. The van der Waals surface area contributed by atoms with E-state index in [9.17, 15) is 4.79 Å². The van der Waals surface area contributed by atoms with E-state index in [4.69, 9.17) is 5.73 Å². The summed E-state index contributed by atoms with van der Waals surface area (Å²) in [5.41, 5.74) is 6.31. The van der Waals surface area contributed by atoms with E-state index in [1.54, 1.807) is 0 Å². The molecule has 0 aliphatic heterocycles. The van der Waals surface area contributed by atoms with Crippen molar-refractivity contribution in [2.75, 3.05) is 6.54 Å². The minimum absolute atomic E-state index is 0. The molecule has 5 heteroatoms. The van der Waals surface area contributed by atoms with Crippen LogP contribution in [0.4, 0.5) is 0 Å². The first-order valence-electron chi connectivity index (χ1n) is 5.93. The first-order chi connectivity index (χ1) is 8.15. The Morgan fingerprint density at radius 2 is 1.83 bits per heavy atom. The second-order valence-corrected chi connectivity index (χ2v) is 5.57. The van der Waals surface area contributed by atoms with Crippen molar-refractivity contribution in [3.8, 4) is 0 Å². The van der Waals surface area contributed by atoms with Crippen molar-refractivity contribution in [1.82, 2.24) is 5.32 Å². The van der Waals surface area contributed by atoms with Crippen LogP contribution in [0.3, 0.4) is 0 Å². The van der Waals surface area contributed by atoms with Crippen molar-refractivity contribution in [3.05, 3.63) is 34.3 Å². The minimum Gasteiger partial charge on any atom is -0.345 e. The monoisotopic (exact) mass is 332 g/mol. The Morgan fingerprint density at radius 3 is 2.33 bits per heavy atom. The van der Waals surface area contributed by atoms with Gasteiger partial charge in [0.2, 0.25) is 0 Å². The molecule has 1 saturated carbocycles. The number of amides is 1. The van der Waals surface area contributed by atoms with E-state index in [0.717, 1.165) is 30.2 Å². The average Bonchev–Trinajstić information content (AvgIpc) is 2.79. The van der Waals surface area contributed by atoms with Crippen LogP contribution in [-0.2, 0) is 0 Å². The van der Waals surface area contributed by atoms with Crippen molar-refractivity contribution in [1.29, 1.82) is 0 Å². The van der Waals surface area contributed by atoms with E-state index in [1.807, 2.05) is 24.3 Å². The van der Waals surface area contributed by atoms with Gasteiger partial charge in [-0.2, -0.15) is 0 Å². The molecule has 0 saturated heterocycles. The number of hydrogen-bond acceptors (Lipinski definition) is 2. The van der Waals surface area contributed by atoms with Crippen LogP contribution in [0.1, 0.15) is 36.0 Å². The fraction of sp³-hybridized carbons (Fsp3) is 0.462. The maximum atomic E-state index is 12.1. The van der Waals surface area contributed by atoms with Gasteiger partial charge in [-0.15, -0.1) is 12.4 Å². The standard InChI is InChI=1S/C13H17BrN2O.ClH/c14-11-5-3-10(4-6-11)12(17)16-13(9-15)7-1-2-8-13;/h3-6H,1-2,7-9,15H2,(H,16,17);1H. The zero-order valence-electron chi connectivity index (χ0n) is 10.1. The molecule has 3 N–H and O–H groups in total. The SMILES string of the molecule is Cl.NCC1(NC(=O)c2ccc(Br)cc2)CCCC1. The molecule has 0 atom stereocenters. The quantitative estimate of drug-likeness (QED) is 0.893. The van der Waals surface area contributed by atoms with Gasteiger partial charge in [0.1, 0.15) is 0 Å². The first kappa shape index (κ1) is 15.5. The summed E-state index contributed by atoms with van der Waals surface area (Å²) >= 11 is 3.36. The fourth-order valence-electron chi connectivity index (χ4n) is 2.35. The Labute approximate surface area is 122 Å². The summed E-state index contributed by atoms with van der Waals surface area (Å²) in [4.78, 5) is 12.1. The maximum absolute atomic E-state index is 12.1. The van der Waals surface area contributed by atoms with Crippen LogP contribution in [0.5, 0.6) is 0 Å². The Bertz CT molecular complexity index is 402. The molecule has 1 aromatic carbocycles. The van der Waals surface area contributed by atoms with Crippen molar-refractivity contribution in [3.63, 3.8) is 0 Å². The smallest absolute Gasteiger partial charge is 0.251 e. The molecule has 1 amide bonds. The molecule has 3 nitrogen and oxygen atoms in total. The van der Waals surface area contributed by atoms with Crippen molar-refractivity contribution in [2.24, 2.45) is 5.73 Å². The molecule has 18 heavy (non-hydrogen) atoms. The Kier molecular flexibility index (Phi) is 5.63. The third-order valence-corrected chi connectivity index (χ3v) is 3.97. The van der Waals surface area contributed by atoms with Crippen LogP contribution in [0.2, 0.25) is 0 Å². The van der Waals surface area contributed by atoms with Crippen LogP contribution in [0, 0.1) is 0 Å². The molecule has 100 valence electrons. The number of carbonyl (C=O) groups excluding carboxylic acids is 1. The lowest BCUT2D eigenvalue weighted by Crippen LogP contribution is -2.51. The molecule has 1 aliphatic carbocycles. The third-order valence-electron chi connectivity index (χ3n) is 3.44. The molecule has 0 radical (unpaired) electrons.